The summed E-state index contributed by atoms with van der Waals surface area (Å²) in [6.07, 6.45) is 3.82. The molecule has 27 heavy (non-hydrogen) atoms. The molecule has 2 atom stereocenters. The van der Waals surface area contributed by atoms with Crippen LogP contribution in [-0.2, 0) is 9.59 Å². The topological polar surface area (TPSA) is 57.6 Å². The van der Waals surface area contributed by atoms with Crippen molar-refractivity contribution < 1.29 is 14.7 Å². The molecule has 0 spiro atoms. The van der Waals surface area contributed by atoms with Gasteiger partial charge >= 0.3 is 5.97 Å². The highest BCUT2D eigenvalue weighted by molar-refractivity contribution is 5.88. The van der Waals surface area contributed by atoms with Crippen LogP contribution in [0.4, 0.5) is 0 Å². The molecule has 2 saturated heterocycles. The first-order chi connectivity index (χ1) is 13.1. The number of hydrogen-bond acceptors (Lipinski definition) is 2. The largest absolute Gasteiger partial charge is 0.481 e. The minimum absolute atomic E-state index is 0.161. The van der Waals surface area contributed by atoms with E-state index in [4.69, 9.17) is 5.11 Å². The van der Waals surface area contributed by atoms with E-state index in [1.165, 1.54) is 0 Å². The molecule has 0 radical (unpaired) electrons. The Kier molecular flexibility index (Phi) is 4.97. The summed E-state index contributed by atoms with van der Waals surface area (Å²) in [5.74, 6) is -0.679. The lowest BCUT2D eigenvalue weighted by molar-refractivity contribution is -0.140. The van der Waals surface area contributed by atoms with Crippen molar-refractivity contribution in [2.75, 3.05) is 0 Å². The number of hydrogen-bond donors (Lipinski definition) is 1. The fourth-order valence-electron chi connectivity index (χ4n) is 4.98. The Bertz CT molecular complexity index is 751. The Morgan fingerprint density at radius 2 is 1.37 bits per heavy atom. The van der Waals surface area contributed by atoms with E-state index in [9.17, 15) is 9.59 Å². The number of carboxylic acid groups (broad SMARTS) is 1. The zero-order chi connectivity index (χ0) is 18.8. The van der Waals surface area contributed by atoms with Crippen molar-refractivity contribution in [1.82, 2.24) is 4.90 Å². The molecule has 2 unspecified atom stereocenters. The van der Waals surface area contributed by atoms with Gasteiger partial charge in [-0.3, -0.25) is 9.59 Å². The second-order valence-electron chi connectivity index (χ2n) is 7.82. The summed E-state index contributed by atoms with van der Waals surface area (Å²) in [4.78, 5) is 26.9. The second-order valence-corrected chi connectivity index (χ2v) is 7.82. The van der Waals surface area contributed by atoms with Gasteiger partial charge in [0, 0.05) is 18.5 Å². The maximum absolute atomic E-state index is 13.7. The van der Waals surface area contributed by atoms with Gasteiger partial charge in [-0.2, -0.15) is 0 Å². The summed E-state index contributed by atoms with van der Waals surface area (Å²) in [7, 11) is 0. The first-order valence-electron chi connectivity index (χ1n) is 9.77. The molecule has 1 N–H and O–H groups in total. The molecular formula is C23H25NO3. The maximum Gasteiger partial charge on any atom is 0.303 e. The van der Waals surface area contributed by atoms with Crippen LogP contribution in [0.3, 0.4) is 0 Å². The van der Waals surface area contributed by atoms with Crippen molar-refractivity contribution in [3.8, 4) is 0 Å². The van der Waals surface area contributed by atoms with Gasteiger partial charge in [0.2, 0.25) is 5.91 Å². The van der Waals surface area contributed by atoms with E-state index in [-0.39, 0.29) is 36.2 Å². The quantitative estimate of drug-likeness (QED) is 0.871. The first-order valence-corrected chi connectivity index (χ1v) is 9.77. The molecule has 0 saturated carbocycles. The number of carbonyl (C=O) groups excluding carboxylic acids is 1. The third kappa shape index (κ3) is 3.61. The molecule has 2 aromatic rings. The number of benzene rings is 2. The Morgan fingerprint density at radius 1 is 0.889 bits per heavy atom. The zero-order valence-corrected chi connectivity index (χ0v) is 15.3. The molecule has 140 valence electrons. The summed E-state index contributed by atoms with van der Waals surface area (Å²) in [6, 6.07) is 20.3. The number of amides is 1. The van der Waals surface area contributed by atoms with Crippen LogP contribution in [0.25, 0.3) is 0 Å². The molecule has 2 heterocycles. The first kappa shape index (κ1) is 17.8. The van der Waals surface area contributed by atoms with E-state index in [0.717, 1.165) is 36.8 Å². The summed E-state index contributed by atoms with van der Waals surface area (Å²) in [5.41, 5.74) is 2.03. The molecule has 0 aromatic heterocycles. The average Bonchev–Trinajstić information content (AvgIpc) is 2.94. The minimum Gasteiger partial charge on any atom is -0.481 e. The Labute approximate surface area is 159 Å². The molecule has 2 fully saturated rings. The molecule has 2 bridgehead atoms. The van der Waals surface area contributed by atoms with Gasteiger partial charge in [0.1, 0.15) is 0 Å². The van der Waals surface area contributed by atoms with Crippen LogP contribution in [0, 0.1) is 5.92 Å². The van der Waals surface area contributed by atoms with Crippen LogP contribution in [0.2, 0.25) is 0 Å². The number of aliphatic carboxylic acids is 1. The van der Waals surface area contributed by atoms with E-state index in [2.05, 4.69) is 4.90 Å². The summed E-state index contributed by atoms with van der Waals surface area (Å²) < 4.78 is 0. The van der Waals surface area contributed by atoms with Crippen molar-refractivity contribution in [3.63, 3.8) is 0 Å². The normalized spacial score (nSPS) is 24.2. The van der Waals surface area contributed by atoms with Gasteiger partial charge in [-0.1, -0.05) is 60.7 Å². The Morgan fingerprint density at radius 3 is 1.81 bits per heavy atom. The molecule has 2 aliphatic rings. The van der Waals surface area contributed by atoms with Crippen LogP contribution in [0.15, 0.2) is 60.7 Å². The molecule has 4 rings (SSSR count). The summed E-state index contributed by atoms with van der Waals surface area (Å²) in [6.45, 7) is 0. The number of rotatable bonds is 5. The van der Waals surface area contributed by atoms with E-state index in [1.54, 1.807) is 0 Å². The predicted molar refractivity (Wildman–Crippen MR) is 103 cm³/mol. The van der Waals surface area contributed by atoms with Gasteiger partial charge in [-0.05, 0) is 42.7 Å². The van der Waals surface area contributed by atoms with Gasteiger partial charge in [-0.25, -0.2) is 0 Å². The highest BCUT2D eigenvalue weighted by Gasteiger charge is 2.45. The van der Waals surface area contributed by atoms with E-state index in [0.29, 0.717) is 0 Å². The lowest BCUT2D eigenvalue weighted by Gasteiger charge is -2.40. The van der Waals surface area contributed by atoms with Crippen molar-refractivity contribution in [3.05, 3.63) is 71.8 Å². The smallest absolute Gasteiger partial charge is 0.303 e. The molecular weight excluding hydrogens is 338 g/mol. The third-order valence-corrected chi connectivity index (χ3v) is 6.06. The highest BCUT2D eigenvalue weighted by Crippen LogP contribution is 2.42. The van der Waals surface area contributed by atoms with Gasteiger partial charge in [0.25, 0.3) is 0 Å². The van der Waals surface area contributed by atoms with E-state index >= 15 is 0 Å². The maximum atomic E-state index is 13.7. The van der Waals surface area contributed by atoms with Gasteiger partial charge in [-0.15, -0.1) is 0 Å². The zero-order valence-electron chi connectivity index (χ0n) is 15.3. The molecule has 4 heteroatoms. The van der Waals surface area contributed by atoms with Crippen molar-refractivity contribution >= 4 is 11.9 Å². The lowest BCUT2D eigenvalue weighted by Crippen LogP contribution is -2.48. The fraction of sp³-hybridized carbons (Fsp3) is 0.391. The molecule has 2 aliphatic heterocycles. The SMILES string of the molecule is O=C(O)CC1CC2CCC(C1)N2C(=O)C(c1ccccc1)c1ccccc1. The van der Waals surface area contributed by atoms with Gasteiger partial charge in [0.05, 0.1) is 5.92 Å². The molecule has 4 nitrogen and oxygen atoms in total. The Balaban J connectivity index is 1.62. The number of piperidine rings is 1. The minimum atomic E-state index is -0.731. The van der Waals surface area contributed by atoms with Crippen LogP contribution in [0.1, 0.15) is 49.1 Å². The molecule has 1 amide bonds. The average molecular weight is 363 g/mol. The number of nitrogens with zero attached hydrogens (tertiary/aromatic N) is 1. The number of fused-ring (bicyclic) bond motifs is 2. The Hall–Kier alpha value is -2.62. The fourth-order valence-corrected chi connectivity index (χ4v) is 4.98. The van der Waals surface area contributed by atoms with Crippen LogP contribution in [-0.4, -0.2) is 34.0 Å². The third-order valence-electron chi connectivity index (χ3n) is 6.06. The standard InChI is InChI=1S/C23H25NO3/c25-21(26)15-16-13-19-11-12-20(14-16)24(19)23(27)22(17-7-3-1-4-8-17)18-9-5-2-6-10-18/h1-10,16,19-20,22H,11-15H2,(H,25,26). The summed E-state index contributed by atoms with van der Waals surface area (Å²) >= 11 is 0. The number of carboxylic acids is 1. The van der Waals surface area contributed by atoms with Crippen molar-refractivity contribution in [2.45, 2.75) is 50.1 Å². The van der Waals surface area contributed by atoms with Gasteiger partial charge in [0.15, 0.2) is 0 Å². The van der Waals surface area contributed by atoms with E-state index in [1.807, 2.05) is 60.7 Å². The van der Waals surface area contributed by atoms with Crippen LogP contribution >= 0.6 is 0 Å². The summed E-state index contributed by atoms with van der Waals surface area (Å²) in [5, 5.41) is 9.14. The van der Waals surface area contributed by atoms with E-state index < -0.39 is 5.97 Å². The molecule has 2 aromatic carbocycles. The van der Waals surface area contributed by atoms with Crippen LogP contribution in [0.5, 0.6) is 0 Å². The van der Waals surface area contributed by atoms with Crippen LogP contribution < -0.4 is 0 Å². The predicted octanol–water partition coefficient (Wildman–Crippen LogP) is 4.06. The second kappa shape index (κ2) is 7.55. The monoisotopic (exact) mass is 363 g/mol. The lowest BCUT2D eigenvalue weighted by atomic mass is 9.85. The number of carbonyl (C=O) groups is 2. The molecule has 0 aliphatic carbocycles. The van der Waals surface area contributed by atoms with Crippen molar-refractivity contribution in [1.29, 1.82) is 0 Å². The highest BCUT2D eigenvalue weighted by atomic mass is 16.4. The van der Waals surface area contributed by atoms with Crippen molar-refractivity contribution in [2.24, 2.45) is 5.92 Å². The van der Waals surface area contributed by atoms with Gasteiger partial charge < -0.3 is 10.0 Å².